The van der Waals surface area contributed by atoms with Crippen molar-refractivity contribution in [3.8, 4) is 0 Å². The van der Waals surface area contributed by atoms with Gasteiger partial charge in [-0.1, -0.05) is 64.7 Å². The van der Waals surface area contributed by atoms with Gasteiger partial charge in [0, 0.05) is 0 Å². The highest BCUT2D eigenvalue weighted by Crippen LogP contribution is 2.11. The summed E-state index contributed by atoms with van der Waals surface area (Å²) in [4.78, 5) is 0. The monoisotopic (exact) mass is 293 g/mol. The number of hydrogen-bond acceptors (Lipinski definition) is 0. The Morgan fingerprint density at radius 1 is 0.810 bits per heavy atom. The van der Waals surface area contributed by atoms with Crippen molar-refractivity contribution < 1.29 is 4.57 Å². The molecule has 0 aliphatic heterocycles. The molecule has 2 nitrogen and oxygen atoms in total. The molecule has 0 spiro atoms. The highest BCUT2D eigenvalue weighted by Gasteiger charge is 2.05. The minimum absolute atomic E-state index is 0.573. The normalized spacial score (nSPS) is 11.4. The SMILES string of the molecule is CCCCCCCCCCCCC[n+]1ccn(C(C)C)c1. The summed E-state index contributed by atoms with van der Waals surface area (Å²) in [6.07, 6.45) is 22.2. The predicted octanol–water partition coefficient (Wildman–Crippen LogP) is 5.67. The lowest BCUT2D eigenvalue weighted by Gasteiger charge is -2.02. The van der Waals surface area contributed by atoms with Crippen LogP contribution in [0.3, 0.4) is 0 Å². The molecule has 122 valence electrons. The van der Waals surface area contributed by atoms with Gasteiger partial charge in [0.1, 0.15) is 12.4 Å². The standard InChI is InChI=1S/C19H37N2/c1-4-5-6-7-8-9-10-11-12-13-14-15-20-16-17-21(18-20)19(2)3/h16-19H,4-15H2,1-3H3/q+1. The minimum atomic E-state index is 0.573. The maximum absolute atomic E-state index is 2.33. The maximum atomic E-state index is 2.33. The van der Waals surface area contributed by atoms with E-state index < -0.39 is 0 Å². The van der Waals surface area contributed by atoms with Crippen molar-refractivity contribution in [2.24, 2.45) is 0 Å². The van der Waals surface area contributed by atoms with Crippen LogP contribution < -0.4 is 4.57 Å². The zero-order valence-electron chi connectivity index (χ0n) is 14.7. The molecule has 1 rings (SSSR count). The molecule has 1 heterocycles. The second-order valence-corrected chi connectivity index (χ2v) is 6.73. The van der Waals surface area contributed by atoms with Gasteiger partial charge in [-0.3, -0.25) is 0 Å². The molecule has 0 radical (unpaired) electrons. The maximum Gasteiger partial charge on any atom is 0.243 e. The molecule has 0 bridgehead atoms. The van der Waals surface area contributed by atoms with Crippen LogP contribution in [0.2, 0.25) is 0 Å². The second kappa shape index (κ2) is 11.8. The number of unbranched alkanes of at least 4 members (excludes halogenated alkanes) is 10. The lowest BCUT2D eigenvalue weighted by Crippen LogP contribution is -2.31. The molecular formula is C19H37N2+. The first-order chi connectivity index (χ1) is 10.2. The van der Waals surface area contributed by atoms with Gasteiger partial charge in [0.15, 0.2) is 0 Å². The number of rotatable bonds is 13. The van der Waals surface area contributed by atoms with Crippen LogP contribution in [0.1, 0.15) is 97.4 Å². The molecule has 0 saturated carbocycles. The molecule has 0 amide bonds. The summed E-state index contributed by atoms with van der Waals surface area (Å²) >= 11 is 0. The third-order valence-corrected chi connectivity index (χ3v) is 4.33. The molecule has 0 saturated heterocycles. The van der Waals surface area contributed by atoms with Gasteiger partial charge in [-0.05, 0) is 26.7 Å². The largest absolute Gasteiger partial charge is 0.243 e. The molecule has 0 aliphatic rings. The van der Waals surface area contributed by atoms with Gasteiger partial charge in [0.25, 0.3) is 0 Å². The van der Waals surface area contributed by atoms with Crippen LogP contribution in [-0.4, -0.2) is 4.57 Å². The lowest BCUT2D eigenvalue weighted by molar-refractivity contribution is -0.697. The van der Waals surface area contributed by atoms with Gasteiger partial charge in [-0.25, -0.2) is 9.13 Å². The zero-order valence-corrected chi connectivity index (χ0v) is 14.7. The van der Waals surface area contributed by atoms with E-state index in [1.54, 1.807) is 0 Å². The molecular weight excluding hydrogens is 256 g/mol. The number of hydrogen-bond donors (Lipinski definition) is 0. The first-order valence-electron chi connectivity index (χ1n) is 9.30. The van der Waals surface area contributed by atoms with Crippen LogP contribution in [0.15, 0.2) is 18.7 Å². The van der Waals surface area contributed by atoms with Crippen LogP contribution >= 0.6 is 0 Å². The quantitative estimate of drug-likeness (QED) is 0.327. The summed E-state index contributed by atoms with van der Waals surface area (Å²) in [6, 6.07) is 0.573. The molecule has 2 heteroatoms. The summed E-state index contributed by atoms with van der Waals surface area (Å²) < 4.78 is 4.60. The summed E-state index contributed by atoms with van der Waals surface area (Å²) in [6.45, 7) is 7.92. The molecule has 0 N–H and O–H groups in total. The average Bonchev–Trinajstić information content (AvgIpc) is 2.94. The zero-order chi connectivity index (χ0) is 15.3. The fourth-order valence-electron chi connectivity index (χ4n) is 2.81. The molecule has 0 aromatic carbocycles. The summed E-state index contributed by atoms with van der Waals surface area (Å²) in [7, 11) is 0. The van der Waals surface area contributed by atoms with E-state index in [-0.39, 0.29) is 0 Å². The average molecular weight is 294 g/mol. The number of aryl methyl sites for hydroxylation is 1. The van der Waals surface area contributed by atoms with Crippen LogP contribution in [-0.2, 0) is 6.54 Å². The van der Waals surface area contributed by atoms with Gasteiger partial charge in [0.05, 0.1) is 12.6 Å². The third-order valence-electron chi connectivity index (χ3n) is 4.33. The van der Waals surface area contributed by atoms with E-state index in [0.29, 0.717) is 6.04 Å². The first-order valence-corrected chi connectivity index (χ1v) is 9.30. The van der Waals surface area contributed by atoms with Crippen molar-refractivity contribution in [3.05, 3.63) is 18.7 Å². The molecule has 0 unspecified atom stereocenters. The van der Waals surface area contributed by atoms with Crippen LogP contribution in [0.25, 0.3) is 0 Å². The molecule has 1 aromatic rings. The van der Waals surface area contributed by atoms with Crippen LogP contribution in [0.5, 0.6) is 0 Å². The first kappa shape index (κ1) is 18.3. The molecule has 0 atom stereocenters. The Kier molecular flexibility index (Phi) is 10.3. The van der Waals surface area contributed by atoms with E-state index in [9.17, 15) is 0 Å². The number of aromatic nitrogens is 2. The lowest BCUT2D eigenvalue weighted by atomic mass is 10.1. The Morgan fingerprint density at radius 3 is 1.81 bits per heavy atom. The summed E-state index contributed by atoms with van der Waals surface area (Å²) in [5.41, 5.74) is 0. The van der Waals surface area contributed by atoms with E-state index >= 15 is 0 Å². The van der Waals surface area contributed by atoms with E-state index in [0.717, 1.165) is 0 Å². The Bertz CT molecular complexity index is 341. The van der Waals surface area contributed by atoms with Crippen molar-refractivity contribution in [3.63, 3.8) is 0 Å². The highest BCUT2D eigenvalue weighted by molar-refractivity contribution is 4.69. The minimum Gasteiger partial charge on any atom is -0.237 e. The Morgan fingerprint density at radius 2 is 1.33 bits per heavy atom. The topological polar surface area (TPSA) is 8.81 Å². The van der Waals surface area contributed by atoms with Gasteiger partial charge >= 0.3 is 0 Å². The fourth-order valence-corrected chi connectivity index (χ4v) is 2.81. The molecule has 21 heavy (non-hydrogen) atoms. The van der Waals surface area contributed by atoms with Crippen molar-refractivity contribution >= 4 is 0 Å². The van der Waals surface area contributed by atoms with Crippen molar-refractivity contribution in [1.29, 1.82) is 0 Å². The predicted molar refractivity (Wildman–Crippen MR) is 91.5 cm³/mol. The fraction of sp³-hybridized carbons (Fsp3) is 0.842. The van der Waals surface area contributed by atoms with Crippen molar-refractivity contribution in [2.75, 3.05) is 0 Å². The number of imidazole rings is 1. The Labute approximate surface area is 132 Å². The third kappa shape index (κ3) is 8.95. The van der Waals surface area contributed by atoms with E-state index in [4.69, 9.17) is 0 Å². The second-order valence-electron chi connectivity index (χ2n) is 6.73. The van der Waals surface area contributed by atoms with Crippen LogP contribution in [0.4, 0.5) is 0 Å². The van der Waals surface area contributed by atoms with E-state index in [2.05, 4.69) is 48.6 Å². The van der Waals surface area contributed by atoms with Crippen molar-refractivity contribution in [1.82, 2.24) is 4.57 Å². The van der Waals surface area contributed by atoms with Crippen LogP contribution in [0, 0.1) is 0 Å². The Balaban J connectivity index is 1.88. The number of nitrogens with zero attached hydrogens (tertiary/aromatic N) is 2. The Hall–Kier alpha value is -0.790. The van der Waals surface area contributed by atoms with E-state index in [1.165, 1.54) is 77.2 Å². The molecule has 0 fully saturated rings. The molecule has 1 aromatic heterocycles. The summed E-state index contributed by atoms with van der Waals surface area (Å²) in [5, 5.41) is 0. The van der Waals surface area contributed by atoms with Gasteiger partial charge in [-0.15, -0.1) is 0 Å². The van der Waals surface area contributed by atoms with E-state index in [1.807, 2.05) is 0 Å². The smallest absolute Gasteiger partial charge is 0.237 e. The van der Waals surface area contributed by atoms with Gasteiger partial charge < -0.3 is 0 Å². The highest BCUT2D eigenvalue weighted by atomic mass is 15.1. The molecule has 0 aliphatic carbocycles. The van der Waals surface area contributed by atoms with Gasteiger partial charge in [-0.2, -0.15) is 0 Å². The van der Waals surface area contributed by atoms with Gasteiger partial charge in [0.2, 0.25) is 6.33 Å². The summed E-state index contributed by atoms with van der Waals surface area (Å²) in [5.74, 6) is 0. The van der Waals surface area contributed by atoms with Crippen molar-refractivity contribution in [2.45, 2.75) is 104 Å².